The summed E-state index contributed by atoms with van der Waals surface area (Å²) < 4.78 is 8.78. The van der Waals surface area contributed by atoms with Crippen LogP contribution in [0.2, 0.25) is 0 Å². The van der Waals surface area contributed by atoms with Gasteiger partial charge >= 0.3 is 0 Å². The number of hydrogen-bond donors (Lipinski definition) is 0. The van der Waals surface area contributed by atoms with E-state index < -0.39 is 0 Å². The molecule has 0 unspecified atom stereocenters. The molecule has 0 fully saturated rings. The Morgan fingerprint density at radius 2 is 0.911 bits per heavy atom. The molecule has 56 heavy (non-hydrogen) atoms. The maximum Gasteiger partial charge on any atom is 0.143 e. The molecule has 0 bridgehead atoms. The van der Waals surface area contributed by atoms with Crippen LogP contribution in [0.1, 0.15) is 0 Å². The number of fused-ring (bicyclic) bond motifs is 6. The summed E-state index contributed by atoms with van der Waals surface area (Å²) in [5, 5.41) is 4.72. The Morgan fingerprint density at radius 3 is 1.71 bits per heavy atom. The predicted octanol–water partition coefficient (Wildman–Crippen LogP) is 14.4. The van der Waals surface area contributed by atoms with E-state index in [4.69, 9.17) is 9.40 Å². The Morgan fingerprint density at radius 1 is 0.339 bits per heavy atom. The van der Waals surface area contributed by atoms with Gasteiger partial charge in [-0.1, -0.05) is 152 Å². The first kappa shape index (κ1) is 32.0. The third-order valence-corrected chi connectivity index (χ3v) is 11.0. The first-order chi connectivity index (χ1) is 27.7. The lowest BCUT2D eigenvalue weighted by molar-refractivity contribution is 0.670. The Hall–Kier alpha value is -7.49. The van der Waals surface area contributed by atoms with Gasteiger partial charge in [0, 0.05) is 43.9 Å². The van der Waals surface area contributed by atoms with E-state index in [9.17, 15) is 0 Å². The molecule has 0 spiro atoms. The molecule has 262 valence electrons. The minimum absolute atomic E-state index is 0.911. The molecule has 3 heteroatoms. The second-order valence-corrected chi connectivity index (χ2v) is 14.4. The third-order valence-electron chi connectivity index (χ3n) is 11.0. The first-order valence-electron chi connectivity index (χ1n) is 19.0. The van der Waals surface area contributed by atoms with Crippen molar-refractivity contribution < 1.29 is 4.42 Å². The molecule has 11 aromatic rings. The predicted molar refractivity (Wildman–Crippen MR) is 233 cm³/mol. The molecule has 0 aliphatic rings. The van der Waals surface area contributed by atoms with Gasteiger partial charge in [-0.05, 0) is 82.4 Å². The Kier molecular flexibility index (Phi) is 7.49. The molecule has 3 nitrogen and oxygen atoms in total. The van der Waals surface area contributed by atoms with Crippen LogP contribution in [0.25, 0.3) is 105 Å². The highest BCUT2D eigenvalue weighted by Gasteiger charge is 2.16. The van der Waals surface area contributed by atoms with Gasteiger partial charge < -0.3 is 8.98 Å². The highest BCUT2D eigenvalue weighted by atomic mass is 16.3. The lowest BCUT2D eigenvalue weighted by atomic mass is 9.97. The van der Waals surface area contributed by atoms with E-state index in [0.29, 0.717) is 0 Å². The monoisotopic (exact) mass is 714 g/mol. The summed E-state index contributed by atoms with van der Waals surface area (Å²) in [6.45, 7) is 0. The first-order valence-corrected chi connectivity index (χ1v) is 19.0. The van der Waals surface area contributed by atoms with Crippen molar-refractivity contribution in [1.82, 2.24) is 9.55 Å². The van der Waals surface area contributed by atoms with Crippen LogP contribution < -0.4 is 0 Å². The molecule has 0 amide bonds. The molecule has 0 N–H and O–H groups in total. The molecule has 0 aliphatic heterocycles. The van der Waals surface area contributed by atoms with Gasteiger partial charge in [-0.15, -0.1) is 0 Å². The zero-order valence-corrected chi connectivity index (χ0v) is 30.4. The van der Waals surface area contributed by atoms with Crippen molar-refractivity contribution in [3.8, 4) is 61.6 Å². The molecule has 8 aromatic carbocycles. The van der Waals surface area contributed by atoms with Gasteiger partial charge in [0.25, 0.3) is 0 Å². The molecule has 0 aliphatic carbocycles. The maximum absolute atomic E-state index is 6.41. The van der Waals surface area contributed by atoms with Crippen molar-refractivity contribution in [2.75, 3.05) is 0 Å². The van der Waals surface area contributed by atoms with Crippen molar-refractivity contribution in [3.63, 3.8) is 0 Å². The highest BCUT2D eigenvalue weighted by Crippen LogP contribution is 2.39. The second kappa shape index (κ2) is 13.1. The summed E-state index contributed by atoms with van der Waals surface area (Å²) in [5.74, 6) is 0. The van der Waals surface area contributed by atoms with Gasteiger partial charge in [0.05, 0.1) is 22.4 Å². The van der Waals surface area contributed by atoms with E-state index in [1.165, 1.54) is 38.5 Å². The number of pyridine rings is 1. The average molecular weight is 715 g/mol. The Bertz CT molecular complexity index is 3170. The van der Waals surface area contributed by atoms with Gasteiger partial charge in [-0.25, -0.2) is 4.98 Å². The molecular formula is C53H34N2O. The van der Waals surface area contributed by atoms with E-state index in [0.717, 1.165) is 66.8 Å². The van der Waals surface area contributed by atoms with E-state index >= 15 is 0 Å². The normalized spacial score (nSPS) is 11.6. The van der Waals surface area contributed by atoms with Gasteiger partial charge in [0.2, 0.25) is 0 Å². The van der Waals surface area contributed by atoms with Crippen LogP contribution in [0.15, 0.2) is 211 Å². The van der Waals surface area contributed by atoms with E-state index in [2.05, 4.69) is 193 Å². The number of hydrogen-bond acceptors (Lipinski definition) is 2. The summed E-state index contributed by atoms with van der Waals surface area (Å²) in [4.78, 5) is 5.17. The summed E-state index contributed by atoms with van der Waals surface area (Å²) >= 11 is 0. The van der Waals surface area contributed by atoms with Crippen molar-refractivity contribution >= 4 is 43.7 Å². The fourth-order valence-electron chi connectivity index (χ4n) is 8.29. The zero-order chi connectivity index (χ0) is 37.0. The number of furan rings is 1. The molecule has 3 aromatic heterocycles. The van der Waals surface area contributed by atoms with Gasteiger partial charge in [-0.2, -0.15) is 0 Å². The minimum atomic E-state index is 0.911. The molecule has 0 radical (unpaired) electrons. The lowest BCUT2D eigenvalue weighted by Crippen LogP contribution is -1.95. The second-order valence-electron chi connectivity index (χ2n) is 14.4. The maximum atomic E-state index is 6.41. The molecule has 0 saturated heterocycles. The minimum Gasteiger partial charge on any atom is -0.455 e. The number of para-hydroxylation sites is 3. The summed E-state index contributed by atoms with van der Waals surface area (Å²) in [7, 11) is 0. The van der Waals surface area contributed by atoms with Crippen LogP contribution in [-0.2, 0) is 0 Å². The van der Waals surface area contributed by atoms with Gasteiger partial charge in [0.1, 0.15) is 11.2 Å². The topological polar surface area (TPSA) is 31.0 Å². The standard InChI is InChI=1S/C53H34N2O/c1-3-13-35(14-4-1)41-33-48(36-15-5-2-6-16-36)54-49(34-41)37-25-28-42(29-26-37)55-50-23-9-7-19-44(50)47-32-39(27-30-51(47)55)38-17-11-18-40(31-38)43-21-12-22-46-45-20-8-10-24-52(45)56-53(43)46/h1-34H. The number of rotatable bonds is 6. The SMILES string of the molecule is c1ccc(-c2cc(-c3ccccc3)nc(-c3ccc(-n4c5ccccc5c5cc(-c6cccc(-c7cccc8c7oc7ccccc78)c6)ccc54)cc3)c2)cc1. The van der Waals surface area contributed by atoms with E-state index in [1.807, 2.05) is 18.2 Å². The summed E-state index contributed by atoms with van der Waals surface area (Å²) in [6, 6.07) is 73.2. The molecule has 11 rings (SSSR count). The number of nitrogens with zero attached hydrogens (tertiary/aromatic N) is 2. The third kappa shape index (κ3) is 5.40. The fourth-order valence-corrected chi connectivity index (χ4v) is 8.29. The summed E-state index contributed by atoms with van der Waals surface area (Å²) in [6.07, 6.45) is 0. The van der Waals surface area contributed by atoms with Crippen molar-refractivity contribution in [2.45, 2.75) is 0 Å². The fraction of sp³-hybridized carbons (Fsp3) is 0. The van der Waals surface area contributed by atoms with Crippen molar-refractivity contribution in [3.05, 3.63) is 206 Å². The molecule has 3 heterocycles. The number of aromatic nitrogens is 2. The molecular weight excluding hydrogens is 681 g/mol. The zero-order valence-electron chi connectivity index (χ0n) is 30.4. The quantitative estimate of drug-likeness (QED) is 0.172. The van der Waals surface area contributed by atoms with Crippen LogP contribution in [0, 0.1) is 0 Å². The van der Waals surface area contributed by atoms with Crippen molar-refractivity contribution in [1.29, 1.82) is 0 Å². The van der Waals surface area contributed by atoms with Gasteiger partial charge in [0.15, 0.2) is 0 Å². The van der Waals surface area contributed by atoms with Crippen LogP contribution in [-0.4, -0.2) is 9.55 Å². The molecule has 0 saturated carbocycles. The van der Waals surface area contributed by atoms with E-state index in [-0.39, 0.29) is 0 Å². The van der Waals surface area contributed by atoms with Crippen LogP contribution in [0.3, 0.4) is 0 Å². The average Bonchev–Trinajstić information content (AvgIpc) is 3.83. The van der Waals surface area contributed by atoms with E-state index in [1.54, 1.807) is 0 Å². The Balaban J connectivity index is 0.987. The lowest BCUT2D eigenvalue weighted by Gasteiger charge is -2.12. The van der Waals surface area contributed by atoms with Crippen molar-refractivity contribution in [2.24, 2.45) is 0 Å². The van der Waals surface area contributed by atoms with Crippen LogP contribution in [0.4, 0.5) is 0 Å². The largest absolute Gasteiger partial charge is 0.455 e. The number of benzene rings is 8. The Labute approximate surface area is 324 Å². The smallest absolute Gasteiger partial charge is 0.143 e. The van der Waals surface area contributed by atoms with Crippen LogP contribution >= 0.6 is 0 Å². The molecule has 0 atom stereocenters. The van der Waals surface area contributed by atoms with Crippen LogP contribution in [0.5, 0.6) is 0 Å². The van der Waals surface area contributed by atoms with Gasteiger partial charge in [-0.3, -0.25) is 0 Å². The summed E-state index contributed by atoms with van der Waals surface area (Å²) in [5.41, 5.74) is 16.3. The highest BCUT2D eigenvalue weighted by molar-refractivity contribution is 6.11.